The van der Waals surface area contributed by atoms with Crippen LogP contribution in [-0.4, -0.2) is 94.4 Å². The molecule has 2 aliphatic rings. The molecule has 1 unspecified atom stereocenters. The van der Waals surface area contributed by atoms with Crippen LogP contribution < -0.4 is 10.6 Å². The Hall–Kier alpha value is -3.12. The maximum absolute atomic E-state index is 12.3. The Labute approximate surface area is 213 Å². The van der Waals surface area contributed by atoms with Crippen molar-refractivity contribution in [3.63, 3.8) is 0 Å². The van der Waals surface area contributed by atoms with Gasteiger partial charge in [0.25, 0.3) is 0 Å². The van der Waals surface area contributed by atoms with Crippen LogP contribution in [0.25, 0.3) is 32.5 Å². The van der Waals surface area contributed by atoms with Crippen LogP contribution in [0.4, 0.5) is 5.82 Å². The average Bonchev–Trinajstić information content (AvgIpc) is 3.56. The van der Waals surface area contributed by atoms with Crippen molar-refractivity contribution in [2.75, 3.05) is 57.4 Å². The van der Waals surface area contributed by atoms with Gasteiger partial charge in [0.05, 0.1) is 36.4 Å². The molecule has 11 heteroatoms. The lowest BCUT2D eigenvalue weighted by molar-refractivity contribution is -0.134. The molecule has 0 spiro atoms. The summed E-state index contributed by atoms with van der Waals surface area (Å²) < 4.78 is 5.63. The number of thiophene rings is 1. The third kappa shape index (κ3) is 4.32. The van der Waals surface area contributed by atoms with Gasteiger partial charge in [0.2, 0.25) is 5.91 Å². The van der Waals surface area contributed by atoms with Crippen LogP contribution in [0.1, 0.15) is 12.5 Å². The Balaban J connectivity index is 1.34. The van der Waals surface area contributed by atoms with Gasteiger partial charge < -0.3 is 20.3 Å². The van der Waals surface area contributed by atoms with Gasteiger partial charge in [-0.05, 0) is 23.9 Å². The number of rotatable bonds is 5. The monoisotopic (exact) mass is 506 g/mol. The molecule has 36 heavy (non-hydrogen) atoms. The van der Waals surface area contributed by atoms with Crippen molar-refractivity contribution < 1.29 is 9.53 Å². The van der Waals surface area contributed by atoms with E-state index in [4.69, 9.17) is 20.4 Å². The smallest absolute Gasteiger partial charge is 0.239 e. The van der Waals surface area contributed by atoms with Gasteiger partial charge in [-0.3, -0.25) is 14.8 Å². The van der Waals surface area contributed by atoms with Gasteiger partial charge in [-0.15, -0.1) is 11.3 Å². The number of anilines is 1. The van der Waals surface area contributed by atoms with E-state index in [1.165, 1.54) is 5.56 Å². The molecule has 5 heterocycles. The lowest BCUT2D eigenvalue weighted by Crippen LogP contribution is -2.52. The summed E-state index contributed by atoms with van der Waals surface area (Å²) in [4.78, 5) is 30.0. The molecule has 2 saturated heterocycles. The molecule has 6 rings (SSSR count). The van der Waals surface area contributed by atoms with Gasteiger partial charge in [-0.2, -0.15) is 5.10 Å². The number of nitrogens with one attached hydrogen (secondary N) is 1. The zero-order valence-corrected chi connectivity index (χ0v) is 21.1. The van der Waals surface area contributed by atoms with Crippen molar-refractivity contribution in [3.8, 4) is 11.4 Å². The molecular formula is C25H30N8O2S. The van der Waals surface area contributed by atoms with Crippen molar-refractivity contribution in [2.24, 2.45) is 5.73 Å². The van der Waals surface area contributed by atoms with Crippen molar-refractivity contribution in [2.45, 2.75) is 19.5 Å². The van der Waals surface area contributed by atoms with Gasteiger partial charge in [-0.25, -0.2) is 9.97 Å². The van der Waals surface area contributed by atoms with Crippen LogP contribution >= 0.6 is 11.3 Å². The summed E-state index contributed by atoms with van der Waals surface area (Å²) in [5.74, 6) is 1.71. The summed E-state index contributed by atoms with van der Waals surface area (Å²) in [6.45, 7) is 8.58. The number of benzene rings is 1. The molecule has 188 valence electrons. The number of aromatic nitrogens is 4. The predicted octanol–water partition coefficient (Wildman–Crippen LogP) is 2.06. The number of hydrogen-bond donors (Lipinski definition) is 2. The Kier molecular flexibility index (Phi) is 6.30. The van der Waals surface area contributed by atoms with Crippen LogP contribution in [-0.2, 0) is 16.1 Å². The van der Waals surface area contributed by atoms with E-state index in [2.05, 4.69) is 31.4 Å². The third-order valence-corrected chi connectivity index (χ3v) is 7.92. The number of fused-ring (bicyclic) bond motifs is 2. The lowest BCUT2D eigenvalue weighted by atomic mass is 10.1. The van der Waals surface area contributed by atoms with Crippen molar-refractivity contribution >= 4 is 44.2 Å². The minimum absolute atomic E-state index is 0.0267. The number of morpholine rings is 1. The molecule has 1 amide bonds. The summed E-state index contributed by atoms with van der Waals surface area (Å²) in [5.41, 5.74) is 8.98. The number of aromatic amines is 1. The van der Waals surface area contributed by atoms with Crippen LogP contribution in [0.2, 0.25) is 0 Å². The van der Waals surface area contributed by atoms with Crippen LogP contribution in [0.5, 0.6) is 0 Å². The maximum Gasteiger partial charge on any atom is 0.239 e. The molecule has 3 aromatic heterocycles. The molecule has 1 aromatic carbocycles. The molecule has 0 aliphatic carbocycles. The van der Waals surface area contributed by atoms with E-state index in [1.54, 1.807) is 18.3 Å². The van der Waals surface area contributed by atoms with Crippen molar-refractivity contribution in [3.05, 3.63) is 35.3 Å². The molecule has 4 aromatic rings. The normalized spacial score (nSPS) is 18.3. The summed E-state index contributed by atoms with van der Waals surface area (Å²) in [7, 11) is 0. The highest BCUT2D eigenvalue weighted by Crippen LogP contribution is 2.36. The Morgan fingerprint density at radius 1 is 1.17 bits per heavy atom. The first-order valence-corrected chi connectivity index (χ1v) is 13.3. The summed E-state index contributed by atoms with van der Waals surface area (Å²) >= 11 is 1.67. The third-order valence-electron chi connectivity index (χ3n) is 6.99. The second-order valence-corrected chi connectivity index (χ2v) is 10.3. The van der Waals surface area contributed by atoms with Gasteiger partial charge in [0.1, 0.15) is 10.6 Å². The largest absolute Gasteiger partial charge is 0.378 e. The van der Waals surface area contributed by atoms with E-state index in [9.17, 15) is 4.79 Å². The van der Waals surface area contributed by atoms with Crippen LogP contribution in [0, 0.1) is 0 Å². The molecule has 0 radical (unpaired) electrons. The number of amides is 1. The molecular weight excluding hydrogens is 476 g/mol. The molecule has 0 bridgehead atoms. The highest BCUT2D eigenvalue weighted by atomic mass is 32.1. The zero-order valence-electron chi connectivity index (χ0n) is 20.3. The Bertz CT molecular complexity index is 1390. The van der Waals surface area contributed by atoms with E-state index in [1.807, 2.05) is 23.2 Å². The summed E-state index contributed by atoms with van der Waals surface area (Å²) in [5, 5.41) is 11.6. The number of ether oxygens (including phenoxy) is 1. The van der Waals surface area contributed by atoms with E-state index < -0.39 is 6.04 Å². The Morgan fingerprint density at radius 2 is 1.97 bits per heavy atom. The second kappa shape index (κ2) is 9.74. The van der Waals surface area contributed by atoms with Crippen molar-refractivity contribution in [1.82, 2.24) is 30.0 Å². The fraction of sp³-hybridized carbons (Fsp3) is 0.440. The summed E-state index contributed by atoms with van der Waals surface area (Å²) in [6.07, 6.45) is 1.84. The second-order valence-electron chi connectivity index (χ2n) is 9.44. The minimum Gasteiger partial charge on any atom is -0.378 e. The van der Waals surface area contributed by atoms with E-state index in [0.29, 0.717) is 32.1 Å². The minimum atomic E-state index is -0.451. The molecule has 1 atom stereocenters. The topological polar surface area (TPSA) is 116 Å². The fourth-order valence-electron chi connectivity index (χ4n) is 5.04. The van der Waals surface area contributed by atoms with Crippen molar-refractivity contribution in [1.29, 1.82) is 0 Å². The highest BCUT2D eigenvalue weighted by molar-refractivity contribution is 7.17. The number of H-pyrrole nitrogens is 1. The van der Waals surface area contributed by atoms with E-state index >= 15 is 0 Å². The molecule has 2 fully saturated rings. The number of carbonyl (C=O) groups is 1. The standard InChI is InChI=1S/C25H30N8O2S/c1-16(26)25(34)33-7-5-31(6-8-33)14-17-15-36-24-21(17)23(32-9-11-35-12-10-32)28-22(29-24)18-3-2-4-20-19(18)13-27-30-20/h2-4,13,15-16H,5-12,14,26H2,1H3,(H,27,30). The summed E-state index contributed by atoms with van der Waals surface area (Å²) in [6, 6.07) is 5.62. The van der Waals surface area contributed by atoms with E-state index in [-0.39, 0.29) is 5.91 Å². The number of nitrogens with two attached hydrogens (primary N) is 1. The average molecular weight is 507 g/mol. The fourth-order valence-corrected chi connectivity index (χ4v) is 5.97. The zero-order chi connectivity index (χ0) is 24.6. The number of carbonyl (C=O) groups excluding carboxylic acids is 1. The first kappa shape index (κ1) is 23.3. The number of hydrogen-bond acceptors (Lipinski definition) is 9. The molecule has 10 nitrogen and oxygen atoms in total. The van der Waals surface area contributed by atoms with Crippen LogP contribution in [0.3, 0.4) is 0 Å². The van der Waals surface area contributed by atoms with E-state index in [0.717, 1.165) is 65.2 Å². The Morgan fingerprint density at radius 3 is 2.75 bits per heavy atom. The first-order valence-electron chi connectivity index (χ1n) is 12.4. The van der Waals surface area contributed by atoms with Gasteiger partial charge in [0, 0.05) is 56.8 Å². The predicted molar refractivity (Wildman–Crippen MR) is 141 cm³/mol. The lowest BCUT2D eigenvalue weighted by Gasteiger charge is -2.35. The van der Waals surface area contributed by atoms with Crippen LogP contribution in [0.15, 0.2) is 29.8 Å². The first-order chi connectivity index (χ1) is 17.6. The highest BCUT2D eigenvalue weighted by Gasteiger charge is 2.26. The molecule has 2 aliphatic heterocycles. The molecule has 0 saturated carbocycles. The number of piperazine rings is 1. The van der Waals surface area contributed by atoms with Gasteiger partial charge >= 0.3 is 0 Å². The molecule has 3 N–H and O–H groups in total. The number of nitrogens with zero attached hydrogens (tertiary/aromatic N) is 6. The van der Waals surface area contributed by atoms with Gasteiger partial charge in [-0.1, -0.05) is 12.1 Å². The maximum atomic E-state index is 12.3. The quantitative estimate of drug-likeness (QED) is 0.423. The SMILES string of the molecule is CC(N)C(=O)N1CCN(Cc2csc3nc(-c4cccc5[nH]ncc45)nc(N4CCOCC4)c23)CC1. The van der Waals surface area contributed by atoms with Gasteiger partial charge in [0.15, 0.2) is 5.82 Å².